The van der Waals surface area contributed by atoms with Crippen molar-refractivity contribution < 1.29 is 12.8 Å². The highest BCUT2D eigenvalue weighted by Crippen LogP contribution is 2.32. The largest absolute Gasteiger partial charge is 0.445 e. The van der Waals surface area contributed by atoms with Crippen LogP contribution in [0.25, 0.3) is 0 Å². The second-order valence-corrected chi connectivity index (χ2v) is 6.18. The fourth-order valence-corrected chi connectivity index (χ4v) is 3.39. The van der Waals surface area contributed by atoms with Gasteiger partial charge in [0.05, 0.1) is 4.90 Å². The summed E-state index contributed by atoms with van der Waals surface area (Å²) in [6.07, 6.45) is 0. The van der Waals surface area contributed by atoms with Crippen molar-refractivity contribution in [1.29, 1.82) is 0 Å². The molecule has 0 atom stereocenters. The predicted octanol–water partition coefficient (Wildman–Crippen LogP) is 2.62. The quantitative estimate of drug-likeness (QED) is 0.905. The first-order valence-corrected chi connectivity index (χ1v) is 6.99. The molecule has 0 aliphatic carbocycles. The van der Waals surface area contributed by atoms with E-state index >= 15 is 0 Å². The molecular weight excluding hydrogens is 250 g/mol. The molecule has 1 aromatic heterocycles. The van der Waals surface area contributed by atoms with E-state index in [2.05, 4.69) is 0 Å². The molecule has 1 heterocycles. The molecule has 4 nitrogen and oxygen atoms in total. The third-order valence-electron chi connectivity index (χ3n) is 2.96. The zero-order chi connectivity index (χ0) is 13.5. The average Bonchev–Trinajstić information content (AvgIpc) is 2.54. The monoisotopic (exact) mass is 265 g/mol. The minimum atomic E-state index is -3.61. The molecule has 0 saturated heterocycles. The molecule has 0 radical (unpaired) electrons. The topological polar surface area (TPSA) is 73.3 Å². The summed E-state index contributed by atoms with van der Waals surface area (Å²) >= 11 is 0. The lowest BCUT2D eigenvalue weighted by molar-refractivity contribution is 0.546. The molecule has 0 saturated carbocycles. The maximum Gasteiger partial charge on any atom is 0.212 e. The van der Waals surface area contributed by atoms with Crippen LogP contribution in [0.1, 0.15) is 16.9 Å². The van der Waals surface area contributed by atoms with Gasteiger partial charge < -0.3 is 10.2 Å². The molecule has 0 aliphatic heterocycles. The molecule has 18 heavy (non-hydrogen) atoms. The van der Waals surface area contributed by atoms with Crippen molar-refractivity contribution in [3.05, 3.63) is 41.2 Å². The van der Waals surface area contributed by atoms with E-state index < -0.39 is 9.84 Å². The van der Waals surface area contributed by atoms with Crippen LogP contribution in [0.5, 0.6) is 0 Å². The second kappa shape index (κ2) is 4.17. The highest BCUT2D eigenvalue weighted by molar-refractivity contribution is 7.91. The van der Waals surface area contributed by atoms with E-state index in [0.717, 1.165) is 5.56 Å². The van der Waals surface area contributed by atoms with Gasteiger partial charge in [0.15, 0.2) is 0 Å². The summed E-state index contributed by atoms with van der Waals surface area (Å²) in [7, 11) is -3.61. The van der Waals surface area contributed by atoms with E-state index in [-0.39, 0.29) is 15.7 Å². The van der Waals surface area contributed by atoms with Crippen LogP contribution in [0.2, 0.25) is 0 Å². The van der Waals surface area contributed by atoms with E-state index in [1.807, 2.05) is 6.92 Å². The number of aryl methyl sites for hydroxylation is 2. The van der Waals surface area contributed by atoms with Gasteiger partial charge in [-0.05, 0) is 32.9 Å². The number of benzene rings is 1. The van der Waals surface area contributed by atoms with Gasteiger partial charge in [-0.25, -0.2) is 8.42 Å². The van der Waals surface area contributed by atoms with Crippen LogP contribution in [0.4, 0.5) is 5.88 Å². The Morgan fingerprint density at radius 2 is 1.61 bits per heavy atom. The molecule has 0 amide bonds. The normalized spacial score (nSPS) is 11.7. The maximum atomic E-state index is 12.5. The van der Waals surface area contributed by atoms with Crippen LogP contribution in [0, 0.1) is 20.8 Å². The SMILES string of the molecule is Cc1ccc(S(=O)(=O)c2c(N)oc(C)c2C)cc1. The first-order chi connectivity index (χ1) is 8.34. The molecule has 2 N–H and O–H groups in total. The summed E-state index contributed by atoms with van der Waals surface area (Å²) < 4.78 is 30.1. The van der Waals surface area contributed by atoms with Crippen molar-refractivity contribution in [2.45, 2.75) is 30.6 Å². The number of hydrogen-bond acceptors (Lipinski definition) is 4. The molecule has 0 spiro atoms. The van der Waals surface area contributed by atoms with E-state index in [4.69, 9.17) is 10.2 Å². The van der Waals surface area contributed by atoms with Crippen molar-refractivity contribution in [3.8, 4) is 0 Å². The fourth-order valence-electron chi connectivity index (χ4n) is 1.80. The van der Waals surface area contributed by atoms with Crippen LogP contribution >= 0.6 is 0 Å². The summed E-state index contributed by atoms with van der Waals surface area (Å²) in [6.45, 7) is 5.29. The van der Waals surface area contributed by atoms with Crippen molar-refractivity contribution in [3.63, 3.8) is 0 Å². The van der Waals surface area contributed by atoms with Crippen molar-refractivity contribution in [2.24, 2.45) is 0 Å². The molecule has 0 fully saturated rings. The van der Waals surface area contributed by atoms with Gasteiger partial charge in [-0.3, -0.25) is 0 Å². The summed E-state index contributed by atoms with van der Waals surface area (Å²) in [5, 5.41) is 0. The number of rotatable bonds is 2. The van der Waals surface area contributed by atoms with Gasteiger partial charge in [-0.1, -0.05) is 17.7 Å². The Morgan fingerprint density at radius 1 is 1.06 bits per heavy atom. The van der Waals surface area contributed by atoms with Gasteiger partial charge in [-0.15, -0.1) is 0 Å². The number of anilines is 1. The van der Waals surface area contributed by atoms with Crippen LogP contribution in [0.15, 0.2) is 38.5 Å². The zero-order valence-electron chi connectivity index (χ0n) is 10.5. The Morgan fingerprint density at radius 3 is 2.06 bits per heavy atom. The third-order valence-corrected chi connectivity index (χ3v) is 4.89. The van der Waals surface area contributed by atoms with Crippen molar-refractivity contribution in [2.75, 3.05) is 5.73 Å². The number of nitrogens with two attached hydrogens (primary N) is 1. The van der Waals surface area contributed by atoms with Crippen molar-refractivity contribution in [1.82, 2.24) is 0 Å². The summed E-state index contributed by atoms with van der Waals surface area (Å²) in [4.78, 5) is 0.299. The Labute approximate surface area is 106 Å². The minimum absolute atomic E-state index is 0.0504. The van der Waals surface area contributed by atoms with Crippen molar-refractivity contribution >= 4 is 15.7 Å². The summed E-state index contributed by atoms with van der Waals surface area (Å²) in [5.41, 5.74) is 7.21. The van der Waals surface area contributed by atoms with Crippen LogP contribution < -0.4 is 5.73 Å². The lowest BCUT2D eigenvalue weighted by Gasteiger charge is -2.04. The minimum Gasteiger partial charge on any atom is -0.445 e. The first-order valence-electron chi connectivity index (χ1n) is 5.51. The lowest BCUT2D eigenvalue weighted by Crippen LogP contribution is -2.05. The smallest absolute Gasteiger partial charge is 0.212 e. The number of sulfone groups is 1. The number of hydrogen-bond donors (Lipinski definition) is 1. The van der Waals surface area contributed by atoms with Gasteiger partial charge >= 0.3 is 0 Å². The molecule has 96 valence electrons. The number of furan rings is 1. The second-order valence-electron chi connectivity index (χ2n) is 4.29. The molecule has 0 unspecified atom stereocenters. The zero-order valence-corrected chi connectivity index (χ0v) is 11.3. The van der Waals surface area contributed by atoms with Gasteiger partial charge in [0, 0.05) is 5.56 Å². The van der Waals surface area contributed by atoms with E-state index in [0.29, 0.717) is 11.3 Å². The molecule has 2 rings (SSSR count). The molecule has 0 bridgehead atoms. The highest BCUT2D eigenvalue weighted by Gasteiger charge is 2.27. The molecule has 2 aromatic rings. The predicted molar refractivity (Wildman–Crippen MR) is 69.2 cm³/mol. The summed E-state index contributed by atoms with van der Waals surface area (Å²) in [6, 6.07) is 6.66. The summed E-state index contributed by atoms with van der Waals surface area (Å²) in [5.74, 6) is 0.476. The lowest BCUT2D eigenvalue weighted by atomic mass is 10.2. The Bertz CT molecular complexity index is 682. The third kappa shape index (κ3) is 1.90. The van der Waals surface area contributed by atoms with Gasteiger partial charge in [0.1, 0.15) is 10.7 Å². The Hall–Kier alpha value is -1.75. The van der Waals surface area contributed by atoms with Gasteiger partial charge in [0.25, 0.3) is 0 Å². The van der Waals surface area contributed by atoms with E-state index in [9.17, 15) is 8.42 Å². The van der Waals surface area contributed by atoms with Gasteiger partial charge in [0.2, 0.25) is 15.7 Å². The molecule has 5 heteroatoms. The highest BCUT2D eigenvalue weighted by atomic mass is 32.2. The fraction of sp³-hybridized carbons (Fsp3) is 0.231. The van der Waals surface area contributed by atoms with Gasteiger partial charge in [-0.2, -0.15) is 0 Å². The number of nitrogen functional groups attached to an aromatic ring is 1. The molecule has 0 aliphatic rings. The van der Waals surface area contributed by atoms with E-state index in [1.54, 1.807) is 38.1 Å². The van der Waals surface area contributed by atoms with E-state index in [1.165, 1.54) is 0 Å². The average molecular weight is 265 g/mol. The molecule has 1 aromatic carbocycles. The van der Waals surface area contributed by atoms with Crippen LogP contribution in [-0.4, -0.2) is 8.42 Å². The Balaban J connectivity index is 2.65. The molecular formula is C13H15NO3S. The standard InChI is InChI=1S/C13H15NO3S/c1-8-4-6-11(7-5-8)18(15,16)12-9(2)10(3)17-13(12)14/h4-7H,14H2,1-3H3. The first kappa shape index (κ1) is 12.7. The Kier molecular flexibility index (Phi) is 2.94. The maximum absolute atomic E-state index is 12.5. The van der Waals surface area contributed by atoms with Crippen LogP contribution in [-0.2, 0) is 9.84 Å². The van der Waals surface area contributed by atoms with Crippen LogP contribution in [0.3, 0.4) is 0 Å².